The molecule has 0 unspecified atom stereocenters. The first-order chi connectivity index (χ1) is 15.1. The van der Waals surface area contributed by atoms with E-state index in [1.165, 1.54) is 0 Å². The van der Waals surface area contributed by atoms with E-state index in [-0.39, 0.29) is 5.91 Å². The Morgan fingerprint density at radius 2 is 1.90 bits per heavy atom. The largest absolute Gasteiger partial charge is 0.355 e. The van der Waals surface area contributed by atoms with E-state index in [2.05, 4.69) is 33.5 Å². The molecule has 2 aromatic carbocycles. The summed E-state index contributed by atoms with van der Waals surface area (Å²) in [6.45, 7) is 0.647. The third kappa shape index (κ3) is 3.62. The molecule has 0 bridgehead atoms. The zero-order valence-electron chi connectivity index (χ0n) is 16.7. The summed E-state index contributed by atoms with van der Waals surface area (Å²) >= 11 is 6.33. The minimum absolute atomic E-state index is 0.219. The van der Waals surface area contributed by atoms with Crippen LogP contribution in [0.3, 0.4) is 0 Å². The second-order valence-corrected chi connectivity index (χ2v) is 7.62. The number of fused-ring (bicyclic) bond motifs is 2. The number of carbonyl (C=O) groups excluding carboxylic acids is 1. The van der Waals surface area contributed by atoms with Crippen molar-refractivity contribution < 1.29 is 4.79 Å². The van der Waals surface area contributed by atoms with Crippen molar-refractivity contribution in [3.63, 3.8) is 0 Å². The molecule has 6 nitrogen and oxygen atoms in total. The molecule has 0 atom stereocenters. The number of hydrogen-bond donors (Lipinski definition) is 1. The molecule has 152 valence electrons. The van der Waals surface area contributed by atoms with Gasteiger partial charge in [-0.25, -0.2) is 9.97 Å². The third-order valence-corrected chi connectivity index (χ3v) is 5.53. The van der Waals surface area contributed by atoms with Crippen molar-refractivity contribution in [3.8, 4) is 11.3 Å². The Morgan fingerprint density at radius 1 is 1.03 bits per heavy atom. The molecule has 5 aromatic rings. The molecule has 0 spiro atoms. The summed E-state index contributed by atoms with van der Waals surface area (Å²) in [6.07, 6.45) is 3.60. The molecule has 3 aromatic heterocycles. The standard InChI is InChI=1S/C24H18ClN5O/c1-26-24(31)18-6-5-17(12-19(18)25)21-8-9-22-23(29-21)30(14-28-22)13-15-4-7-20-16(11-15)3-2-10-27-20/h2-12,14H,13H2,1H3,(H,26,31). The summed E-state index contributed by atoms with van der Waals surface area (Å²) in [6, 6.07) is 19.4. The Bertz CT molecular complexity index is 1440. The highest BCUT2D eigenvalue weighted by Crippen LogP contribution is 2.26. The van der Waals surface area contributed by atoms with Gasteiger partial charge in [0.15, 0.2) is 5.65 Å². The van der Waals surface area contributed by atoms with Crippen molar-refractivity contribution in [2.75, 3.05) is 7.05 Å². The minimum Gasteiger partial charge on any atom is -0.355 e. The number of imidazole rings is 1. The van der Waals surface area contributed by atoms with Crippen LogP contribution >= 0.6 is 11.6 Å². The number of hydrogen-bond acceptors (Lipinski definition) is 4. The fourth-order valence-corrected chi connectivity index (χ4v) is 3.90. The highest BCUT2D eigenvalue weighted by Gasteiger charge is 2.12. The lowest BCUT2D eigenvalue weighted by molar-refractivity contribution is 0.0963. The molecule has 0 saturated carbocycles. The van der Waals surface area contributed by atoms with Crippen LogP contribution in [-0.4, -0.2) is 32.5 Å². The van der Waals surface area contributed by atoms with Crippen LogP contribution < -0.4 is 5.32 Å². The number of rotatable bonds is 4. The van der Waals surface area contributed by atoms with E-state index in [0.717, 1.165) is 38.9 Å². The van der Waals surface area contributed by atoms with Crippen molar-refractivity contribution in [3.05, 3.63) is 89.3 Å². The first-order valence-corrected chi connectivity index (χ1v) is 10.2. The molecule has 3 heterocycles. The second kappa shape index (κ2) is 7.81. The molecular formula is C24H18ClN5O. The average molecular weight is 428 g/mol. The topological polar surface area (TPSA) is 72.7 Å². The summed E-state index contributed by atoms with van der Waals surface area (Å²) in [5.74, 6) is -0.219. The number of halogens is 1. The summed E-state index contributed by atoms with van der Waals surface area (Å²) in [5, 5.41) is 4.08. The molecule has 0 aliphatic rings. The number of aromatic nitrogens is 4. The lowest BCUT2D eigenvalue weighted by Crippen LogP contribution is -2.18. The van der Waals surface area contributed by atoms with E-state index in [0.29, 0.717) is 17.1 Å². The second-order valence-electron chi connectivity index (χ2n) is 7.22. The van der Waals surface area contributed by atoms with E-state index < -0.39 is 0 Å². The summed E-state index contributed by atoms with van der Waals surface area (Å²) in [7, 11) is 1.58. The molecule has 1 amide bonds. The molecule has 31 heavy (non-hydrogen) atoms. The van der Waals surface area contributed by atoms with E-state index in [4.69, 9.17) is 16.6 Å². The van der Waals surface area contributed by atoms with Gasteiger partial charge in [-0.1, -0.05) is 29.8 Å². The maximum atomic E-state index is 11.9. The van der Waals surface area contributed by atoms with Gasteiger partial charge in [0, 0.05) is 24.2 Å². The highest BCUT2D eigenvalue weighted by molar-refractivity contribution is 6.34. The number of carbonyl (C=O) groups is 1. The van der Waals surface area contributed by atoms with Gasteiger partial charge in [-0.3, -0.25) is 9.78 Å². The number of benzene rings is 2. The number of nitrogens with one attached hydrogen (secondary N) is 1. The first-order valence-electron chi connectivity index (χ1n) is 9.80. The van der Waals surface area contributed by atoms with Crippen molar-refractivity contribution in [2.45, 2.75) is 6.54 Å². The smallest absolute Gasteiger partial charge is 0.252 e. The van der Waals surface area contributed by atoms with Crippen LogP contribution in [0.4, 0.5) is 0 Å². The maximum Gasteiger partial charge on any atom is 0.252 e. The Morgan fingerprint density at radius 3 is 2.74 bits per heavy atom. The van der Waals surface area contributed by atoms with Gasteiger partial charge >= 0.3 is 0 Å². The Balaban J connectivity index is 1.51. The molecule has 1 N–H and O–H groups in total. The molecular weight excluding hydrogens is 410 g/mol. The van der Waals surface area contributed by atoms with Gasteiger partial charge < -0.3 is 9.88 Å². The van der Waals surface area contributed by atoms with E-state index >= 15 is 0 Å². The van der Waals surface area contributed by atoms with Crippen molar-refractivity contribution in [1.82, 2.24) is 24.8 Å². The summed E-state index contributed by atoms with van der Waals surface area (Å²) in [4.78, 5) is 25.6. The number of amides is 1. The van der Waals surface area contributed by atoms with E-state index in [9.17, 15) is 4.79 Å². The molecule has 0 radical (unpaired) electrons. The van der Waals surface area contributed by atoms with Crippen LogP contribution in [0.25, 0.3) is 33.3 Å². The minimum atomic E-state index is -0.219. The number of pyridine rings is 2. The van der Waals surface area contributed by atoms with Crippen molar-refractivity contribution >= 4 is 39.6 Å². The summed E-state index contributed by atoms with van der Waals surface area (Å²) in [5.41, 5.74) is 5.76. The zero-order valence-corrected chi connectivity index (χ0v) is 17.5. The first kappa shape index (κ1) is 19.2. The summed E-state index contributed by atoms with van der Waals surface area (Å²) < 4.78 is 2.02. The van der Waals surface area contributed by atoms with Gasteiger partial charge in [-0.05, 0) is 48.0 Å². The van der Waals surface area contributed by atoms with Crippen LogP contribution in [0.1, 0.15) is 15.9 Å². The molecule has 0 saturated heterocycles. The van der Waals surface area contributed by atoms with Gasteiger partial charge in [0.2, 0.25) is 0 Å². The van der Waals surface area contributed by atoms with Crippen LogP contribution in [0.2, 0.25) is 5.02 Å². The third-order valence-electron chi connectivity index (χ3n) is 5.22. The predicted molar refractivity (Wildman–Crippen MR) is 122 cm³/mol. The van der Waals surface area contributed by atoms with Gasteiger partial charge in [0.05, 0.1) is 34.7 Å². The SMILES string of the molecule is CNC(=O)c1ccc(-c2ccc3ncn(Cc4ccc5ncccc5c4)c3n2)cc1Cl. The Kier molecular flexibility index (Phi) is 4.84. The van der Waals surface area contributed by atoms with Crippen LogP contribution in [-0.2, 0) is 6.54 Å². The maximum absolute atomic E-state index is 11.9. The monoisotopic (exact) mass is 427 g/mol. The molecule has 0 fully saturated rings. The van der Waals surface area contributed by atoms with Crippen LogP contribution in [0.15, 0.2) is 73.2 Å². The Labute approximate surface area is 183 Å². The average Bonchev–Trinajstić information content (AvgIpc) is 3.20. The zero-order chi connectivity index (χ0) is 21.4. The lowest BCUT2D eigenvalue weighted by Gasteiger charge is -2.08. The van der Waals surface area contributed by atoms with Gasteiger partial charge in [0.1, 0.15) is 5.52 Å². The highest BCUT2D eigenvalue weighted by atomic mass is 35.5. The van der Waals surface area contributed by atoms with Crippen molar-refractivity contribution in [1.29, 1.82) is 0 Å². The quantitative estimate of drug-likeness (QED) is 0.451. The normalized spacial score (nSPS) is 11.2. The van der Waals surface area contributed by atoms with Crippen LogP contribution in [0, 0.1) is 0 Å². The molecule has 0 aliphatic carbocycles. The van der Waals surface area contributed by atoms with Gasteiger partial charge in [-0.2, -0.15) is 0 Å². The predicted octanol–water partition coefficient (Wildman–Crippen LogP) is 4.71. The van der Waals surface area contributed by atoms with Crippen molar-refractivity contribution in [2.24, 2.45) is 0 Å². The fourth-order valence-electron chi connectivity index (χ4n) is 3.63. The van der Waals surface area contributed by atoms with E-state index in [1.807, 2.05) is 34.9 Å². The Hall–Kier alpha value is -3.77. The fraction of sp³-hybridized carbons (Fsp3) is 0.0833. The lowest BCUT2D eigenvalue weighted by atomic mass is 10.1. The number of nitrogens with zero attached hydrogens (tertiary/aromatic N) is 4. The van der Waals surface area contributed by atoms with Gasteiger partial charge in [0.25, 0.3) is 5.91 Å². The molecule has 7 heteroatoms. The van der Waals surface area contributed by atoms with E-state index in [1.54, 1.807) is 31.7 Å². The molecule has 5 rings (SSSR count). The van der Waals surface area contributed by atoms with Crippen LogP contribution in [0.5, 0.6) is 0 Å². The molecule has 0 aliphatic heterocycles. The van der Waals surface area contributed by atoms with Gasteiger partial charge in [-0.15, -0.1) is 0 Å².